The predicted molar refractivity (Wildman–Crippen MR) is 372 cm³/mol. The first kappa shape index (κ1) is 71.1. The summed E-state index contributed by atoms with van der Waals surface area (Å²) in [5.41, 5.74) is 4.99. The van der Waals surface area contributed by atoms with Crippen LogP contribution >= 0.6 is 0 Å². The Kier molecular flexibility index (Phi) is 20.4. The van der Waals surface area contributed by atoms with Crippen molar-refractivity contribution in [3.05, 3.63) is 48.8 Å². The molecule has 98 heavy (non-hydrogen) atoms. The highest BCUT2D eigenvalue weighted by molar-refractivity contribution is 7.81. The van der Waals surface area contributed by atoms with E-state index in [-0.39, 0.29) is 55.0 Å². The van der Waals surface area contributed by atoms with Gasteiger partial charge in [0.25, 0.3) is 0 Å². The zero-order valence-electron chi connectivity index (χ0n) is 59.1. The second-order valence-electron chi connectivity index (χ2n) is 33.7. The number of amides is 1. The average Bonchev–Trinajstić information content (AvgIpc) is 1.22. The van der Waals surface area contributed by atoms with E-state index in [0.717, 1.165) is 89.7 Å². The van der Waals surface area contributed by atoms with Crippen molar-refractivity contribution in [2.24, 2.45) is 99.1 Å². The second kappa shape index (κ2) is 28.1. The van der Waals surface area contributed by atoms with Crippen LogP contribution in [-0.2, 0) is 67.9 Å². The highest BCUT2D eigenvalue weighted by Crippen LogP contribution is 2.70. The van der Waals surface area contributed by atoms with Gasteiger partial charge in [0.15, 0.2) is 5.78 Å². The minimum Gasteiger partial charge on any atom is -0.461 e. The number of carbonyl (C=O) groups is 3. The summed E-state index contributed by atoms with van der Waals surface area (Å²) in [4.78, 5) is 40.6. The monoisotopic (exact) mass is 1390 g/mol. The van der Waals surface area contributed by atoms with Crippen molar-refractivity contribution < 1.29 is 58.2 Å². The molecule has 1 amide bonds. The van der Waals surface area contributed by atoms with Crippen LogP contribution in [0.2, 0.25) is 0 Å². The van der Waals surface area contributed by atoms with Gasteiger partial charge in [-0.25, -0.2) is 22.5 Å². The van der Waals surface area contributed by atoms with E-state index in [1.54, 1.807) is 15.6 Å². The number of alkyl carbamates (subject to hydrolysis) is 1. The van der Waals surface area contributed by atoms with Crippen LogP contribution in [0.3, 0.4) is 0 Å². The molecular weight excluding hydrogens is 1290 g/mol. The number of nitrogens with one attached hydrogen (secondary N) is 1. The summed E-state index contributed by atoms with van der Waals surface area (Å²) in [5, 5.41) is 23.0. The van der Waals surface area contributed by atoms with Crippen molar-refractivity contribution in [1.29, 1.82) is 0 Å². The molecule has 8 saturated carbocycles. The lowest BCUT2D eigenvalue weighted by Gasteiger charge is -2.61. The molecule has 0 saturated heterocycles. The Bertz CT molecular complexity index is 3960. The van der Waals surface area contributed by atoms with Crippen LogP contribution in [0.15, 0.2) is 48.8 Å². The van der Waals surface area contributed by atoms with E-state index >= 15 is 0 Å². The molecule has 5 aromatic rings. The lowest BCUT2D eigenvalue weighted by atomic mass is 9.44. The van der Waals surface area contributed by atoms with Crippen molar-refractivity contribution in [2.75, 3.05) is 19.8 Å². The summed E-state index contributed by atoms with van der Waals surface area (Å²) >= 11 is 0. The minimum atomic E-state index is -4.41. The van der Waals surface area contributed by atoms with Crippen LogP contribution in [0.4, 0.5) is 4.79 Å². The summed E-state index contributed by atoms with van der Waals surface area (Å²) in [5.74, 6) is 8.49. The smallest absolute Gasteiger partial charge is 0.407 e. The van der Waals surface area contributed by atoms with Gasteiger partial charge >= 0.3 is 32.9 Å². The number of ether oxygens (including phenoxy) is 2. The Hall–Kier alpha value is -5.33. The molecule has 8 fully saturated rings. The van der Waals surface area contributed by atoms with Crippen LogP contribution in [0.5, 0.6) is 0 Å². The van der Waals surface area contributed by atoms with Gasteiger partial charge in [0.2, 0.25) is 0 Å². The molecule has 3 N–H and O–H groups in total. The fourth-order valence-electron chi connectivity index (χ4n) is 23.1. The minimum absolute atomic E-state index is 0.0180. The lowest BCUT2D eigenvalue weighted by Crippen LogP contribution is -2.53. The maximum atomic E-state index is 14.0. The number of aromatic nitrogens is 7. The van der Waals surface area contributed by atoms with Gasteiger partial charge < -0.3 is 19.4 Å². The second-order valence-corrected chi connectivity index (χ2v) is 35.9. The van der Waals surface area contributed by atoms with Crippen LogP contribution in [0.25, 0.3) is 44.3 Å². The van der Waals surface area contributed by atoms with Crippen molar-refractivity contribution >= 4 is 60.4 Å². The van der Waals surface area contributed by atoms with Gasteiger partial charge in [-0.3, -0.25) is 18.7 Å². The number of hydrogen-bond donors (Lipinski definition) is 3. The molecule has 8 aliphatic carbocycles. The molecule has 8 aliphatic rings. The van der Waals surface area contributed by atoms with Crippen LogP contribution in [0.1, 0.15) is 203 Å². The van der Waals surface area contributed by atoms with Gasteiger partial charge in [-0.15, -0.1) is 10.2 Å². The van der Waals surface area contributed by atoms with Crippen molar-refractivity contribution in [3.63, 3.8) is 0 Å². The molecule has 15 unspecified atom stereocenters. The zero-order valence-corrected chi connectivity index (χ0v) is 60.8. The first-order chi connectivity index (χ1) is 46.5. The first-order valence-corrected chi connectivity index (χ1v) is 40.0. The van der Waals surface area contributed by atoms with E-state index in [1.165, 1.54) is 83.5 Å². The number of Topliss-reactive ketones (excluding diaryl/α,β-unsaturated/α-hetero) is 1. The molecule has 23 heteroatoms. The number of nitrogens with zero attached hydrogens (tertiary/aromatic N) is 7. The van der Waals surface area contributed by atoms with E-state index in [4.69, 9.17) is 18.6 Å². The number of carbonyl (C=O) groups excluding carboxylic acids is 3. The number of hydrogen-bond acceptors (Lipinski definition) is 15. The predicted octanol–water partition coefficient (Wildman–Crippen LogP) is 14.7. The number of fused-ring (bicyclic) bond motifs is 13. The molecule has 0 radical (unpaired) electrons. The molecule has 0 aliphatic heterocycles. The standard InChI is InChI=1S/C75H108N8O13S2/c1-46(11-9-35-93-97(87,88)89)61-23-25-63-57-18-13-49-39-54(17-22-55(49)56(57)28-31-74(61,63)7)95-70(85)45-82-44-67(78-80-82)51-15-20-59-58-19-14-50(40-68(58)83(69(59)41-51)34-33-76-71(86)96-72(3,4)5)66-43-81(79-77-66)42-53(84)38-48-27-30-73(6)52(37-48)16-21-60-64-26-24-62(75(64,8)32-29-65(60)73)47(2)12-10-36-94-98(90,91)92/h14-15,19-20,40-41,43-44,46-49,52,54-57,60-65H,9-13,16-18,21-39,42,45H2,1-8H3,(H,76,86)(H,87,88,89)(H,90,91,92)/t46?,47-,48?,49-,52?,54-,55?,56?,57?,60?,61?,62?,63?,64?,65?,73?,74?,75?/m1/s1. The summed E-state index contributed by atoms with van der Waals surface area (Å²) < 4.78 is 89.1. The molecule has 21 nitrogen and oxygen atoms in total. The van der Waals surface area contributed by atoms with E-state index in [9.17, 15) is 31.2 Å². The van der Waals surface area contributed by atoms with Gasteiger partial charge in [0.1, 0.15) is 36.2 Å². The lowest BCUT2D eigenvalue weighted by molar-refractivity contribution is -0.155. The van der Waals surface area contributed by atoms with E-state index in [2.05, 4.69) is 97.8 Å². The highest BCUT2D eigenvalue weighted by Gasteiger charge is 2.61. The van der Waals surface area contributed by atoms with Gasteiger partial charge in [-0.05, 0) is 273 Å². The Balaban J connectivity index is 0.619. The molecule has 18 atom stereocenters. The average molecular weight is 1390 g/mol. The molecule has 13 rings (SSSR count). The molecule has 2 aromatic carbocycles. The Morgan fingerprint density at radius 3 is 1.79 bits per heavy atom. The number of esters is 1. The van der Waals surface area contributed by atoms with Gasteiger partial charge in [0, 0.05) is 52.4 Å². The van der Waals surface area contributed by atoms with E-state index < -0.39 is 32.5 Å². The maximum absolute atomic E-state index is 14.0. The number of benzene rings is 2. The fourth-order valence-corrected chi connectivity index (χ4v) is 23.8. The molecule has 538 valence electrons. The summed E-state index contributed by atoms with van der Waals surface area (Å²) in [7, 11) is -8.83. The van der Waals surface area contributed by atoms with Crippen molar-refractivity contribution in [2.45, 2.75) is 234 Å². The van der Waals surface area contributed by atoms with Gasteiger partial charge in [0.05, 0.1) is 25.6 Å². The quantitative estimate of drug-likeness (QED) is 0.0294. The largest absolute Gasteiger partial charge is 0.461 e. The third kappa shape index (κ3) is 15.0. The number of ketones is 1. The van der Waals surface area contributed by atoms with Crippen LogP contribution in [-0.4, -0.2) is 110 Å². The summed E-state index contributed by atoms with van der Waals surface area (Å²) in [6.45, 7) is 18.7. The summed E-state index contributed by atoms with van der Waals surface area (Å²) in [6, 6.07) is 12.4. The van der Waals surface area contributed by atoms with Crippen LogP contribution in [0, 0.1) is 99.1 Å². The van der Waals surface area contributed by atoms with Crippen molar-refractivity contribution in [1.82, 2.24) is 39.9 Å². The zero-order chi connectivity index (χ0) is 69.3. The summed E-state index contributed by atoms with van der Waals surface area (Å²) in [6.07, 6.45) is 27.6. The fraction of sp³-hybridized carbons (Fsp3) is 0.747. The molecule has 0 spiro atoms. The first-order valence-electron chi connectivity index (χ1n) is 37.3. The van der Waals surface area contributed by atoms with Gasteiger partial charge in [-0.1, -0.05) is 69.3 Å². The Morgan fingerprint density at radius 1 is 0.633 bits per heavy atom. The van der Waals surface area contributed by atoms with E-state index in [1.807, 2.05) is 39.1 Å². The Labute approximate surface area is 580 Å². The molecule has 0 bridgehead atoms. The SMILES string of the molecule is CC(CCCOS(=O)(=O)O)C1CCC2C3CC[C@@H]4C[C@H](OC(=O)Cn5cc(-c6ccc7c8ccc(-c9cn(CC(=O)CC%10CCC%11(C)C(CCC%12C%11CCC%11(C)C%12CCC%11[C@H](C)CCCOS(=O)(=O)O)C%10)nn9)cc8n(CCNC(=O)OC(C)(C)C)c7c6)nn5)CCC4C3CCC12C. The normalized spacial score (nSPS) is 33.0. The highest BCUT2D eigenvalue weighted by atomic mass is 32.3. The topological polar surface area (TPSA) is 275 Å². The molecule has 3 aromatic heterocycles. The maximum Gasteiger partial charge on any atom is 0.407 e. The number of rotatable bonds is 24. The molecular formula is C75H108N8O13S2. The molecule has 3 heterocycles. The van der Waals surface area contributed by atoms with E-state index in [0.29, 0.717) is 120 Å². The van der Waals surface area contributed by atoms with Gasteiger partial charge in [-0.2, -0.15) is 16.8 Å². The third-order valence-corrected chi connectivity index (χ3v) is 28.2. The third-order valence-electron chi connectivity index (χ3n) is 27.3. The Morgan fingerprint density at radius 2 is 1.18 bits per heavy atom. The van der Waals surface area contributed by atoms with Crippen LogP contribution < -0.4 is 5.32 Å². The van der Waals surface area contributed by atoms with Crippen molar-refractivity contribution in [3.8, 4) is 22.5 Å².